The summed E-state index contributed by atoms with van der Waals surface area (Å²) in [5.74, 6) is 6.55. The van der Waals surface area contributed by atoms with Crippen LogP contribution in [0.5, 0.6) is 5.75 Å². The van der Waals surface area contributed by atoms with Crippen LogP contribution in [0.1, 0.15) is 22.7 Å². The van der Waals surface area contributed by atoms with Crippen molar-refractivity contribution in [1.82, 2.24) is 10.4 Å². The summed E-state index contributed by atoms with van der Waals surface area (Å²) < 4.78 is 6.31. The maximum atomic E-state index is 5.72. The summed E-state index contributed by atoms with van der Waals surface area (Å²) in [7, 11) is 1.66. The summed E-state index contributed by atoms with van der Waals surface area (Å²) in [5, 5.41) is 0. The Kier molecular flexibility index (Phi) is 5.11. The average Bonchev–Trinajstić information content (AvgIpc) is 2.47. The van der Waals surface area contributed by atoms with Gasteiger partial charge in [0, 0.05) is 16.9 Å². The standard InChI is InChI=1S/C15H18BrN3O/c1-10-5-6-18-9-13(10)15(19-17)8-11-7-12(20-2)3-4-14(11)16/h3-7,9,15,19H,8,17H2,1-2H3. The van der Waals surface area contributed by atoms with Crippen molar-refractivity contribution >= 4 is 15.9 Å². The second kappa shape index (κ2) is 6.83. The molecule has 2 rings (SSSR count). The van der Waals surface area contributed by atoms with Crippen LogP contribution in [0, 0.1) is 6.92 Å². The minimum Gasteiger partial charge on any atom is -0.497 e. The maximum Gasteiger partial charge on any atom is 0.119 e. The minimum atomic E-state index is 0.00658. The highest BCUT2D eigenvalue weighted by Crippen LogP contribution is 2.27. The summed E-state index contributed by atoms with van der Waals surface area (Å²) in [6.07, 6.45) is 4.39. The molecule has 1 atom stereocenters. The van der Waals surface area contributed by atoms with Gasteiger partial charge in [0.05, 0.1) is 13.2 Å². The van der Waals surface area contributed by atoms with Crippen molar-refractivity contribution in [3.63, 3.8) is 0 Å². The third-order valence-corrected chi connectivity index (χ3v) is 4.11. The van der Waals surface area contributed by atoms with Gasteiger partial charge in [-0.2, -0.15) is 0 Å². The third-order valence-electron chi connectivity index (χ3n) is 3.33. The van der Waals surface area contributed by atoms with Gasteiger partial charge in [-0.15, -0.1) is 0 Å². The number of aromatic nitrogens is 1. The van der Waals surface area contributed by atoms with Gasteiger partial charge in [-0.25, -0.2) is 0 Å². The number of nitrogens with two attached hydrogens (primary N) is 1. The van der Waals surface area contributed by atoms with Crippen LogP contribution < -0.4 is 16.0 Å². The van der Waals surface area contributed by atoms with Gasteiger partial charge in [0.1, 0.15) is 5.75 Å². The Labute approximate surface area is 127 Å². The zero-order valence-electron chi connectivity index (χ0n) is 11.6. The van der Waals surface area contributed by atoms with Crippen molar-refractivity contribution in [3.05, 3.63) is 57.8 Å². The molecular formula is C15H18BrN3O. The zero-order chi connectivity index (χ0) is 14.5. The van der Waals surface area contributed by atoms with Crippen LogP contribution in [0.25, 0.3) is 0 Å². The maximum absolute atomic E-state index is 5.72. The fraction of sp³-hybridized carbons (Fsp3) is 0.267. The van der Waals surface area contributed by atoms with E-state index in [0.29, 0.717) is 0 Å². The topological polar surface area (TPSA) is 60.2 Å². The Hall–Kier alpha value is -1.43. The van der Waals surface area contributed by atoms with Crippen molar-refractivity contribution in [2.75, 3.05) is 7.11 Å². The van der Waals surface area contributed by atoms with E-state index < -0.39 is 0 Å². The molecule has 0 spiro atoms. The lowest BCUT2D eigenvalue weighted by Crippen LogP contribution is -2.30. The van der Waals surface area contributed by atoms with Crippen LogP contribution >= 0.6 is 15.9 Å². The highest BCUT2D eigenvalue weighted by atomic mass is 79.9. The second-order valence-electron chi connectivity index (χ2n) is 4.61. The fourth-order valence-electron chi connectivity index (χ4n) is 2.15. The first kappa shape index (κ1) is 15.0. The van der Waals surface area contributed by atoms with Gasteiger partial charge in [-0.3, -0.25) is 16.3 Å². The van der Waals surface area contributed by atoms with Gasteiger partial charge in [-0.05, 0) is 54.3 Å². The number of nitrogens with zero attached hydrogens (tertiary/aromatic N) is 1. The fourth-order valence-corrected chi connectivity index (χ4v) is 2.56. The van der Waals surface area contributed by atoms with Gasteiger partial charge in [0.25, 0.3) is 0 Å². The smallest absolute Gasteiger partial charge is 0.119 e. The van der Waals surface area contributed by atoms with Gasteiger partial charge in [0.15, 0.2) is 0 Å². The first-order valence-electron chi connectivity index (χ1n) is 6.34. The van der Waals surface area contributed by atoms with Crippen molar-refractivity contribution < 1.29 is 4.74 Å². The van der Waals surface area contributed by atoms with Crippen molar-refractivity contribution in [2.45, 2.75) is 19.4 Å². The summed E-state index contributed by atoms with van der Waals surface area (Å²) in [6.45, 7) is 2.06. The van der Waals surface area contributed by atoms with E-state index in [0.717, 1.165) is 27.8 Å². The van der Waals surface area contributed by atoms with E-state index in [1.807, 2.05) is 30.5 Å². The van der Waals surface area contributed by atoms with Crippen LogP contribution in [-0.2, 0) is 6.42 Å². The predicted octanol–water partition coefficient (Wildman–Crippen LogP) is 2.91. The summed E-state index contributed by atoms with van der Waals surface area (Å²) in [5.41, 5.74) is 6.28. The number of ether oxygens (including phenoxy) is 1. The predicted molar refractivity (Wildman–Crippen MR) is 83.4 cm³/mol. The first-order chi connectivity index (χ1) is 9.65. The molecule has 0 aliphatic carbocycles. The molecular weight excluding hydrogens is 318 g/mol. The van der Waals surface area contributed by atoms with E-state index >= 15 is 0 Å². The molecule has 0 bridgehead atoms. The van der Waals surface area contributed by atoms with Crippen molar-refractivity contribution in [3.8, 4) is 5.75 Å². The molecule has 1 unspecified atom stereocenters. The van der Waals surface area contributed by atoms with Crippen molar-refractivity contribution in [2.24, 2.45) is 5.84 Å². The Morgan fingerprint density at radius 3 is 2.85 bits per heavy atom. The Balaban J connectivity index is 2.29. The van der Waals surface area contributed by atoms with E-state index in [1.165, 1.54) is 5.56 Å². The van der Waals surface area contributed by atoms with Crippen LogP contribution in [-0.4, -0.2) is 12.1 Å². The van der Waals surface area contributed by atoms with Gasteiger partial charge >= 0.3 is 0 Å². The number of benzene rings is 1. The lowest BCUT2D eigenvalue weighted by atomic mass is 9.97. The average molecular weight is 336 g/mol. The zero-order valence-corrected chi connectivity index (χ0v) is 13.1. The lowest BCUT2D eigenvalue weighted by molar-refractivity contribution is 0.413. The Bertz CT molecular complexity index is 589. The quantitative estimate of drug-likeness (QED) is 0.651. The second-order valence-corrected chi connectivity index (χ2v) is 5.47. The molecule has 0 aliphatic rings. The van der Waals surface area contributed by atoms with Crippen LogP contribution in [0.2, 0.25) is 0 Å². The van der Waals surface area contributed by atoms with E-state index in [-0.39, 0.29) is 6.04 Å². The number of nitrogens with one attached hydrogen (secondary N) is 1. The van der Waals surface area contributed by atoms with Crippen molar-refractivity contribution in [1.29, 1.82) is 0 Å². The van der Waals surface area contributed by atoms with Gasteiger partial charge in [-0.1, -0.05) is 15.9 Å². The largest absolute Gasteiger partial charge is 0.497 e. The van der Waals surface area contributed by atoms with E-state index in [4.69, 9.17) is 10.6 Å². The molecule has 0 saturated heterocycles. The summed E-state index contributed by atoms with van der Waals surface area (Å²) in [4.78, 5) is 4.18. The van der Waals surface area contributed by atoms with Crippen LogP contribution in [0.15, 0.2) is 41.1 Å². The molecule has 0 aliphatic heterocycles. The molecule has 0 radical (unpaired) electrons. The normalized spacial score (nSPS) is 12.2. The van der Waals surface area contributed by atoms with E-state index in [1.54, 1.807) is 13.3 Å². The molecule has 1 heterocycles. The van der Waals surface area contributed by atoms with E-state index in [9.17, 15) is 0 Å². The van der Waals surface area contributed by atoms with E-state index in [2.05, 4.69) is 33.3 Å². The summed E-state index contributed by atoms with van der Waals surface area (Å²) in [6, 6.07) is 7.92. The number of hydrogen-bond donors (Lipinski definition) is 2. The Morgan fingerprint density at radius 2 is 2.20 bits per heavy atom. The molecule has 5 heteroatoms. The van der Waals surface area contributed by atoms with Crippen LogP contribution in [0.3, 0.4) is 0 Å². The van der Waals surface area contributed by atoms with Gasteiger partial charge < -0.3 is 4.74 Å². The number of pyridine rings is 1. The number of aryl methyl sites for hydroxylation is 1. The molecule has 1 aromatic carbocycles. The molecule has 3 N–H and O–H groups in total. The summed E-state index contributed by atoms with van der Waals surface area (Å²) >= 11 is 3.57. The SMILES string of the molecule is COc1ccc(Br)c(CC(NN)c2cnccc2C)c1. The highest BCUT2D eigenvalue weighted by Gasteiger charge is 2.15. The molecule has 0 amide bonds. The van der Waals surface area contributed by atoms with Crippen LogP contribution in [0.4, 0.5) is 0 Å². The molecule has 0 saturated carbocycles. The molecule has 20 heavy (non-hydrogen) atoms. The van der Waals surface area contributed by atoms with Gasteiger partial charge in [0.2, 0.25) is 0 Å². The number of hydrogen-bond acceptors (Lipinski definition) is 4. The number of halogens is 1. The molecule has 2 aromatic rings. The monoisotopic (exact) mass is 335 g/mol. The highest BCUT2D eigenvalue weighted by molar-refractivity contribution is 9.10. The molecule has 4 nitrogen and oxygen atoms in total. The molecule has 1 aromatic heterocycles. The molecule has 0 fully saturated rings. The first-order valence-corrected chi connectivity index (χ1v) is 7.14. The number of hydrazine groups is 1. The number of methoxy groups -OCH3 is 1. The Morgan fingerprint density at radius 1 is 1.40 bits per heavy atom. The molecule has 106 valence electrons. The third kappa shape index (κ3) is 3.36. The lowest BCUT2D eigenvalue weighted by Gasteiger charge is -2.19. The number of rotatable bonds is 5. The minimum absolute atomic E-state index is 0.00658.